The molecule has 2 N–H and O–H groups in total. The van der Waals surface area contributed by atoms with E-state index in [-0.39, 0.29) is 17.9 Å². The summed E-state index contributed by atoms with van der Waals surface area (Å²) in [7, 11) is 0. The summed E-state index contributed by atoms with van der Waals surface area (Å²) in [5.41, 5.74) is 1.91. The Kier molecular flexibility index (Phi) is 6.70. The normalized spacial score (nSPS) is 32.2. The monoisotopic (exact) mass is 546 g/mol. The summed E-state index contributed by atoms with van der Waals surface area (Å²) in [6.45, 7) is 7.82. The number of piperazine rings is 1. The topological polar surface area (TPSA) is 99.6 Å². The third kappa shape index (κ3) is 4.75. The van der Waals surface area contributed by atoms with Crippen molar-refractivity contribution in [3.8, 4) is 0 Å². The minimum absolute atomic E-state index is 0.219. The molecule has 2 saturated heterocycles. The fourth-order valence-corrected chi connectivity index (χ4v) is 9.06. The molecule has 1 atom stereocenters. The van der Waals surface area contributed by atoms with Crippen LogP contribution in [-0.2, 0) is 9.59 Å². The lowest BCUT2D eigenvalue weighted by atomic mass is 9.53. The zero-order chi connectivity index (χ0) is 27.4. The van der Waals surface area contributed by atoms with Gasteiger partial charge in [-0.05, 0) is 101 Å². The van der Waals surface area contributed by atoms with Crippen molar-refractivity contribution in [3.63, 3.8) is 0 Å². The minimum Gasteiger partial charge on any atom is -0.367 e. The second-order valence-electron chi connectivity index (χ2n) is 13.3. The van der Waals surface area contributed by atoms with Crippen LogP contribution >= 0.6 is 0 Å². The van der Waals surface area contributed by atoms with Crippen LogP contribution in [0, 0.1) is 24.7 Å². The predicted octanol–water partition coefficient (Wildman–Crippen LogP) is 2.75. The summed E-state index contributed by atoms with van der Waals surface area (Å²) in [6.07, 6.45) is 10.4. The van der Waals surface area contributed by atoms with Crippen molar-refractivity contribution in [2.24, 2.45) is 17.8 Å². The van der Waals surface area contributed by atoms with E-state index in [9.17, 15) is 14.4 Å². The summed E-state index contributed by atoms with van der Waals surface area (Å²) in [5.74, 6) is 2.74. The number of benzene rings is 1. The SMILES string of the molecule is Cc1nc2c(N3CCN(CCCNC45CC6CC(CC(C6)C4)C5)CC3)cccc2c(=O)n1C1CCC(=O)NC1=O. The Morgan fingerprint density at radius 2 is 1.70 bits per heavy atom. The first kappa shape index (κ1) is 26.1. The average molecular weight is 547 g/mol. The average Bonchev–Trinajstić information content (AvgIpc) is 2.92. The van der Waals surface area contributed by atoms with Gasteiger partial charge in [0.05, 0.1) is 11.1 Å². The van der Waals surface area contributed by atoms with Crippen molar-refractivity contribution < 1.29 is 9.59 Å². The first-order valence-corrected chi connectivity index (χ1v) is 15.5. The van der Waals surface area contributed by atoms with Crippen molar-refractivity contribution in [3.05, 3.63) is 34.4 Å². The molecule has 1 aromatic heterocycles. The van der Waals surface area contributed by atoms with E-state index < -0.39 is 11.9 Å². The van der Waals surface area contributed by atoms with E-state index in [0.29, 0.717) is 28.7 Å². The number of aromatic nitrogens is 2. The van der Waals surface area contributed by atoms with E-state index in [1.54, 1.807) is 13.0 Å². The summed E-state index contributed by atoms with van der Waals surface area (Å²) < 4.78 is 1.46. The molecule has 1 unspecified atom stereocenters. The Bertz CT molecular complexity index is 1340. The highest BCUT2D eigenvalue weighted by Crippen LogP contribution is 2.55. The van der Waals surface area contributed by atoms with E-state index in [1.165, 1.54) is 49.5 Å². The molecule has 6 fully saturated rings. The number of hydrogen-bond acceptors (Lipinski definition) is 7. The highest BCUT2D eigenvalue weighted by molar-refractivity contribution is 5.99. The number of carbonyl (C=O) groups excluding carboxylic acids is 2. The summed E-state index contributed by atoms with van der Waals surface area (Å²) >= 11 is 0. The van der Waals surface area contributed by atoms with Gasteiger partial charge in [-0.2, -0.15) is 0 Å². The fraction of sp³-hybridized carbons (Fsp3) is 0.677. The van der Waals surface area contributed by atoms with Crippen LogP contribution in [0.3, 0.4) is 0 Å². The van der Waals surface area contributed by atoms with E-state index >= 15 is 0 Å². The van der Waals surface area contributed by atoms with Gasteiger partial charge in [0.15, 0.2) is 0 Å². The van der Waals surface area contributed by atoms with E-state index in [4.69, 9.17) is 4.98 Å². The number of fused-ring (bicyclic) bond motifs is 1. The van der Waals surface area contributed by atoms with Gasteiger partial charge in [-0.1, -0.05) is 6.07 Å². The zero-order valence-electron chi connectivity index (χ0n) is 23.7. The van der Waals surface area contributed by atoms with Crippen molar-refractivity contribution in [1.82, 2.24) is 25.1 Å². The van der Waals surface area contributed by atoms with Crippen molar-refractivity contribution >= 4 is 28.4 Å². The van der Waals surface area contributed by atoms with Gasteiger partial charge < -0.3 is 10.2 Å². The fourth-order valence-electron chi connectivity index (χ4n) is 9.06. The number of carbonyl (C=O) groups is 2. The summed E-state index contributed by atoms with van der Waals surface area (Å²) in [4.78, 5) is 47.4. The van der Waals surface area contributed by atoms with Gasteiger partial charge in [0.1, 0.15) is 17.4 Å². The lowest BCUT2D eigenvalue weighted by molar-refractivity contribution is -0.135. The van der Waals surface area contributed by atoms with Gasteiger partial charge >= 0.3 is 0 Å². The van der Waals surface area contributed by atoms with E-state index in [1.807, 2.05) is 6.07 Å². The molecular weight excluding hydrogens is 504 g/mol. The Morgan fingerprint density at radius 1 is 1.00 bits per heavy atom. The number of amides is 2. The molecular formula is C31H42N6O3. The van der Waals surface area contributed by atoms with Crippen LogP contribution in [-0.4, -0.2) is 71.1 Å². The second-order valence-corrected chi connectivity index (χ2v) is 13.3. The number of anilines is 1. The highest BCUT2D eigenvalue weighted by atomic mass is 16.2. The number of hydrogen-bond donors (Lipinski definition) is 2. The molecule has 40 heavy (non-hydrogen) atoms. The molecule has 9 heteroatoms. The maximum Gasteiger partial charge on any atom is 0.262 e. The number of rotatable bonds is 7. The molecule has 1 aromatic carbocycles. The first-order valence-electron chi connectivity index (χ1n) is 15.5. The largest absolute Gasteiger partial charge is 0.367 e. The van der Waals surface area contributed by atoms with Crippen LogP contribution in [0.25, 0.3) is 10.9 Å². The van der Waals surface area contributed by atoms with Gasteiger partial charge in [0.2, 0.25) is 11.8 Å². The quantitative estimate of drug-likeness (QED) is 0.407. The molecule has 2 aromatic rings. The maximum absolute atomic E-state index is 13.5. The van der Waals surface area contributed by atoms with Crippen LogP contribution in [0.15, 0.2) is 23.0 Å². The first-order chi connectivity index (χ1) is 19.4. The third-order valence-corrected chi connectivity index (χ3v) is 10.5. The van der Waals surface area contributed by atoms with Crippen molar-refractivity contribution in [2.45, 2.75) is 76.3 Å². The molecule has 0 spiro atoms. The molecule has 2 amide bonds. The van der Waals surface area contributed by atoms with Crippen molar-refractivity contribution in [2.75, 3.05) is 44.2 Å². The molecule has 6 aliphatic rings. The number of nitrogens with one attached hydrogen (secondary N) is 2. The van der Waals surface area contributed by atoms with Crippen LogP contribution in [0.4, 0.5) is 5.69 Å². The third-order valence-electron chi connectivity index (χ3n) is 10.5. The molecule has 4 bridgehead atoms. The van der Waals surface area contributed by atoms with Gasteiger partial charge in [-0.25, -0.2) is 4.98 Å². The highest BCUT2D eigenvalue weighted by Gasteiger charge is 2.50. The molecule has 4 aliphatic carbocycles. The summed E-state index contributed by atoms with van der Waals surface area (Å²) in [5, 5.41) is 6.93. The second kappa shape index (κ2) is 10.2. The molecule has 9 nitrogen and oxygen atoms in total. The smallest absolute Gasteiger partial charge is 0.262 e. The lowest BCUT2D eigenvalue weighted by Gasteiger charge is -2.57. The van der Waals surface area contributed by atoms with E-state index in [0.717, 1.165) is 62.7 Å². The lowest BCUT2D eigenvalue weighted by Crippen LogP contribution is -2.58. The van der Waals surface area contributed by atoms with Crippen LogP contribution in [0.5, 0.6) is 0 Å². The number of aryl methyl sites for hydroxylation is 1. The molecule has 4 saturated carbocycles. The van der Waals surface area contributed by atoms with Gasteiger partial charge in [-0.3, -0.25) is 29.2 Å². The van der Waals surface area contributed by atoms with Crippen LogP contribution in [0.1, 0.15) is 69.7 Å². The number of nitrogens with zero attached hydrogens (tertiary/aromatic N) is 4. The Morgan fingerprint density at radius 3 is 2.38 bits per heavy atom. The van der Waals surface area contributed by atoms with Gasteiger partial charge in [-0.15, -0.1) is 0 Å². The molecule has 3 heterocycles. The Labute approximate surface area is 235 Å². The Hall–Kier alpha value is -2.78. The molecule has 2 aliphatic heterocycles. The van der Waals surface area contributed by atoms with Crippen LogP contribution in [0.2, 0.25) is 0 Å². The Balaban J connectivity index is 0.972. The predicted molar refractivity (Wildman–Crippen MR) is 154 cm³/mol. The molecule has 0 radical (unpaired) electrons. The minimum atomic E-state index is -0.702. The number of imide groups is 1. The molecule has 8 rings (SSSR count). The standard InChI is InChI=1S/C31H42N6O3/c1-20-33-28-24(30(40)37(20)26-6-7-27(38)34-29(26)39)4-2-5-25(28)36-12-10-35(11-13-36)9-3-8-32-31-17-21-14-22(18-31)16-23(15-21)19-31/h2,4-5,21-23,26,32H,3,6-19H2,1H3,(H,34,38,39). The maximum atomic E-state index is 13.5. The van der Waals surface area contributed by atoms with E-state index in [2.05, 4.69) is 26.5 Å². The number of para-hydroxylation sites is 1. The summed E-state index contributed by atoms with van der Waals surface area (Å²) in [6, 6.07) is 5.05. The van der Waals surface area contributed by atoms with Gasteiger partial charge in [0, 0.05) is 38.1 Å². The number of piperidine rings is 1. The molecule has 214 valence electrons. The van der Waals surface area contributed by atoms with Crippen LogP contribution < -0.4 is 21.1 Å². The van der Waals surface area contributed by atoms with Gasteiger partial charge in [0.25, 0.3) is 5.56 Å². The zero-order valence-corrected chi connectivity index (χ0v) is 23.7. The van der Waals surface area contributed by atoms with Crippen molar-refractivity contribution in [1.29, 1.82) is 0 Å².